The van der Waals surface area contributed by atoms with Gasteiger partial charge < -0.3 is 10.1 Å². The van der Waals surface area contributed by atoms with Crippen LogP contribution in [-0.4, -0.2) is 12.0 Å². The van der Waals surface area contributed by atoms with Crippen LogP contribution in [-0.2, 0) is 4.79 Å². The molecule has 0 radical (unpaired) electrons. The molecule has 0 fully saturated rings. The Hall–Kier alpha value is -2.43. The molecule has 1 amide bonds. The van der Waals surface area contributed by atoms with Gasteiger partial charge in [0.25, 0.3) is 5.91 Å². The molecule has 0 spiro atoms. The summed E-state index contributed by atoms with van der Waals surface area (Å²) >= 11 is 0. The van der Waals surface area contributed by atoms with Crippen LogP contribution < -0.4 is 10.1 Å². The van der Waals surface area contributed by atoms with Gasteiger partial charge in [0.2, 0.25) is 0 Å². The van der Waals surface area contributed by atoms with E-state index in [0.29, 0.717) is 11.8 Å². The lowest BCUT2D eigenvalue weighted by molar-refractivity contribution is -0.122. The normalized spacial score (nSPS) is 11.9. The highest BCUT2D eigenvalue weighted by molar-refractivity contribution is 5.94. The van der Waals surface area contributed by atoms with Gasteiger partial charge in [0, 0.05) is 6.07 Å². The van der Waals surface area contributed by atoms with Gasteiger partial charge in [0.1, 0.15) is 17.4 Å². The molecule has 0 aliphatic rings. The van der Waals surface area contributed by atoms with Gasteiger partial charge in [-0.25, -0.2) is 8.78 Å². The van der Waals surface area contributed by atoms with Gasteiger partial charge in [-0.15, -0.1) is 0 Å². The molecule has 0 saturated carbocycles. The van der Waals surface area contributed by atoms with Crippen molar-refractivity contribution in [3.63, 3.8) is 0 Å². The monoisotopic (exact) mass is 305 g/mol. The molecule has 5 heteroatoms. The minimum atomic E-state index is -0.827. The van der Waals surface area contributed by atoms with E-state index in [2.05, 4.69) is 5.32 Å². The average Bonchev–Trinajstić information content (AvgIpc) is 2.46. The predicted molar refractivity (Wildman–Crippen MR) is 81.0 cm³/mol. The number of carbonyl (C=O) groups excluding carboxylic acids is 1. The maximum absolute atomic E-state index is 13.5. The van der Waals surface area contributed by atoms with E-state index < -0.39 is 23.6 Å². The van der Waals surface area contributed by atoms with E-state index in [-0.39, 0.29) is 5.69 Å². The molecule has 1 N–H and O–H groups in total. The van der Waals surface area contributed by atoms with Crippen LogP contribution in [0, 0.1) is 25.5 Å². The Balaban J connectivity index is 2.07. The van der Waals surface area contributed by atoms with Crippen molar-refractivity contribution in [3.8, 4) is 5.75 Å². The van der Waals surface area contributed by atoms with E-state index in [1.165, 1.54) is 6.07 Å². The van der Waals surface area contributed by atoms with Gasteiger partial charge in [-0.3, -0.25) is 4.79 Å². The van der Waals surface area contributed by atoms with Crippen LogP contribution in [0.1, 0.15) is 18.1 Å². The SMILES string of the molecule is Cc1cccc(O[C@H](C)C(=O)Nc2ccc(F)cc2F)c1C. The van der Waals surface area contributed by atoms with Crippen LogP contribution >= 0.6 is 0 Å². The van der Waals surface area contributed by atoms with Crippen LogP contribution in [0.5, 0.6) is 5.75 Å². The van der Waals surface area contributed by atoms with Crippen LogP contribution in [0.4, 0.5) is 14.5 Å². The van der Waals surface area contributed by atoms with E-state index in [9.17, 15) is 13.6 Å². The van der Waals surface area contributed by atoms with Crippen molar-refractivity contribution in [1.82, 2.24) is 0 Å². The molecule has 0 saturated heterocycles. The van der Waals surface area contributed by atoms with E-state index in [1.807, 2.05) is 26.0 Å². The molecule has 2 aromatic carbocycles. The van der Waals surface area contributed by atoms with Gasteiger partial charge in [-0.05, 0) is 50.1 Å². The number of hydrogen-bond donors (Lipinski definition) is 1. The number of halogens is 2. The molecule has 1 atom stereocenters. The zero-order valence-electron chi connectivity index (χ0n) is 12.6. The Kier molecular flexibility index (Phi) is 4.75. The van der Waals surface area contributed by atoms with E-state index >= 15 is 0 Å². The number of anilines is 1. The third-order valence-corrected chi connectivity index (χ3v) is 3.42. The summed E-state index contributed by atoms with van der Waals surface area (Å²) in [7, 11) is 0. The third-order valence-electron chi connectivity index (χ3n) is 3.42. The summed E-state index contributed by atoms with van der Waals surface area (Å²) in [6.07, 6.45) is -0.815. The van der Waals surface area contributed by atoms with Crippen molar-refractivity contribution in [2.45, 2.75) is 26.9 Å². The average molecular weight is 305 g/mol. The maximum Gasteiger partial charge on any atom is 0.265 e. The van der Waals surface area contributed by atoms with E-state index in [0.717, 1.165) is 17.2 Å². The molecule has 0 heterocycles. The van der Waals surface area contributed by atoms with E-state index in [4.69, 9.17) is 4.74 Å². The lowest BCUT2D eigenvalue weighted by Crippen LogP contribution is -2.30. The van der Waals surface area contributed by atoms with Gasteiger partial charge in [0.05, 0.1) is 5.69 Å². The van der Waals surface area contributed by atoms with Crippen LogP contribution in [0.2, 0.25) is 0 Å². The first kappa shape index (κ1) is 15.9. The minimum Gasteiger partial charge on any atom is -0.481 e. The fourth-order valence-corrected chi connectivity index (χ4v) is 1.92. The number of aryl methyl sites for hydroxylation is 1. The van der Waals surface area contributed by atoms with Gasteiger partial charge in [-0.1, -0.05) is 12.1 Å². The van der Waals surface area contributed by atoms with E-state index in [1.54, 1.807) is 13.0 Å². The van der Waals surface area contributed by atoms with Crippen molar-refractivity contribution in [1.29, 1.82) is 0 Å². The topological polar surface area (TPSA) is 38.3 Å². The molecule has 0 aliphatic carbocycles. The van der Waals surface area contributed by atoms with Crippen LogP contribution in [0.3, 0.4) is 0 Å². The summed E-state index contributed by atoms with van der Waals surface area (Å²) < 4.78 is 32.0. The quantitative estimate of drug-likeness (QED) is 0.927. The summed E-state index contributed by atoms with van der Waals surface area (Å²) in [4.78, 5) is 12.1. The molecule has 0 unspecified atom stereocenters. The molecule has 2 aromatic rings. The van der Waals surface area contributed by atoms with Gasteiger partial charge in [0.15, 0.2) is 6.10 Å². The lowest BCUT2D eigenvalue weighted by Gasteiger charge is -2.17. The highest BCUT2D eigenvalue weighted by Gasteiger charge is 2.17. The molecule has 3 nitrogen and oxygen atoms in total. The Morgan fingerprint density at radius 3 is 2.59 bits per heavy atom. The fraction of sp³-hybridized carbons (Fsp3) is 0.235. The smallest absolute Gasteiger partial charge is 0.265 e. The number of hydrogen-bond acceptors (Lipinski definition) is 2. The first-order valence-corrected chi connectivity index (χ1v) is 6.87. The number of amides is 1. The van der Waals surface area contributed by atoms with Crippen LogP contribution in [0.25, 0.3) is 0 Å². The minimum absolute atomic E-state index is 0.0807. The molecule has 116 valence electrons. The Bertz CT molecular complexity index is 701. The summed E-state index contributed by atoms with van der Waals surface area (Å²) in [5, 5.41) is 2.39. The first-order chi connectivity index (χ1) is 10.4. The van der Waals surface area contributed by atoms with Crippen molar-refractivity contribution in [2.75, 3.05) is 5.32 Å². The Morgan fingerprint density at radius 2 is 1.91 bits per heavy atom. The second-order valence-electron chi connectivity index (χ2n) is 5.07. The number of carbonyl (C=O) groups is 1. The van der Waals surface area contributed by atoms with Gasteiger partial charge in [-0.2, -0.15) is 0 Å². The standard InChI is InChI=1S/C17H17F2NO2/c1-10-5-4-6-16(11(10)2)22-12(3)17(21)20-15-8-7-13(18)9-14(15)19/h4-9,12H,1-3H3,(H,20,21)/t12-/m1/s1. The highest BCUT2D eigenvalue weighted by atomic mass is 19.1. The molecular formula is C17H17F2NO2. The van der Waals surface area contributed by atoms with Crippen molar-refractivity contribution in [2.24, 2.45) is 0 Å². The largest absolute Gasteiger partial charge is 0.481 e. The fourth-order valence-electron chi connectivity index (χ4n) is 1.92. The highest BCUT2D eigenvalue weighted by Crippen LogP contribution is 2.22. The van der Waals surface area contributed by atoms with Crippen molar-refractivity contribution >= 4 is 11.6 Å². The predicted octanol–water partition coefficient (Wildman–Crippen LogP) is 3.99. The Morgan fingerprint density at radius 1 is 1.18 bits per heavy atom. The second-order valence-corrected chi connectivity index (χ2v) is 5.07. The summed E-state index contributed by atoms with van der Waals surface area (Å²) in [5.41, 5.74) is 1.91. The van der Waals surface area contributed by atoms with Crippen molar-refractivity contribution < 1.29 is 18.3 Å². The zero-order valence-corrected chi connectivity index (χ0v) is 12.6. The number of rotatable bonds is 4. The summed E-state index contributed by atoms with van der Waals surface area (Å²) in [5.74, 6) is -1.43. The summed E-state index contributed by atoms with van der Waals surface area (Å²) in [6, 6.07) is 8.52. The maximum atomic E-state index is 13.5. The molecule has 0 bridgehead atoms. The number of benzene rings is 2. The van der Waals surface area contributed by atoms with Gasteiger partial charge >= 0.3 is 0 Å². The third kappa shape index (κ3) is 3.61. The second kappa shape index (κ2) is 6.56. The molecule has 0 aromatic heterocycles. The Labute approximate surface area is 127 Å². The molecule has 22 heavy (non-hydrogen) atoms. The summed E-state index contributed by atoms with van der Waals surface area (Å²) in [6.45, 7) is 5.41. The van der Waals surface area contributed by atoms with Crippen LogP contribution in [0.15, 0.2) is 36.4 Å². The molecular weight excluding hydrogens is 288 g/mol. The molecule has 0 aliphatic heterocycles. The first-order valence-electron chi connectivity index (χ1n) is 6.87. The molecule has 2 rings (SSSR count). The zero-order chi connectivity index (χ0) is 16.3. The number of nitrogens with one attached hydrogen (secondary N) is 1. The van der Waals surface area contributed by atoms with Crippen molar-refractivity contribution in [3.05, 3.63) is 59.2 Å². The lowest BCUT2D eigenvalue weighted by atomic mass is 10.1. The number of ether oxygens (including phenoxy) is 1.